The molecule has 2 fully saturated rings. The molecule has 1 aromatic heterocycles. The van der Waals surface area contributed by atoms with E-state index in [0.29, 0.717) is 6.04 Å². The van der Waals surface area contributed by atoms with Gasteiger partial charge in [-0.1, -0.05) is 63.2 Å². The minimum Gasteiger partial charge on any atom is -0.497 e. The van der Waals surface area contributed by atoms with E-state index in [0.717, 1.165) is 88.6 Å². The van der Waals surface area contributed by atoms with Crippen LogP contribution in [0.4, 0.5) is 0 Å². The fraction of sp³-hybridized carbons (Fsp3) is 0.500. The van der Waals surface area contributed by atoms with Gasteiger partial charge in [0.15, 0.2) is 0 Å². The lowest BCUT2D eigenvalue weighted by Crippen LogP contribution is -2.50. The Morgan fingerprint density at radius 1 is 0.925 bits per heavy atom. The number of aryl methyl sites for hydroxylation is 1. The highest BCUT2D eigenvalue weighted by Crippen LogP contribution is 2.31. The number of morpholine rings is 1. The summed E-state index contributed by atoms with van der Waals surface area (Å²) in [5.41, 5.74) is 5.62. The normalized spacial score (nSPS) is 17.2. The van der Waals surface area contributed by atoms with E-state index in [1.54, 1.807) is 7.11 Å². The van der Waals surface area contributed by atoms with Crippen LogP contribution in [0.3, 0.4) is 0 Å². The molecule has 0 atom stereocenters. The van der Waals surface area contributed by atoms with Crippen LogP contribution in [-0.2, 0) is 29.5 Å². The number of hydrogen-bond acceptors (Lipinski definition) is 4. The van der Waals surface area contributed by atoms with Crippen LogP contribution >= 0.6 is 0 Å². The summed E-state index contributed by atoms with van der Waals surface area (Å²) in [6, 6.07) is 21.6. The maximum Gasteiger partial charge on any atom is 0.255 e. The van der Waals surface area contributed by atoms with Gasteiger partial charge in [0, 0.05) is 62.0 Å². The first-order chi connectivity index (χ1) is 19.3. The van der Waals surface area contributed by atoms with Gasteiger partial charge in [-0.2, -0.15) is 0 Å². The molecule has 2 aromatic carbocycles. The molecule has 6 nitrogen and oxygen atoms in total. The second kappa shape index (κ2) is 12.6. The summed E-state index contributed by atoms with van der Waals surface area (Å²) >= 11 is 0. The summed E-state index contributed by atoms with van der Waals surface area (Å²) < 4.78 is 13.3. The molecule has 0 N–H and O–H groups in total. The lowest BCUT2D eigenvalue weighted by Gasteiger charge is -2.40. The van der Waals surface area contributed by atoms with Crippen molar-refractivity contribution in [2.45, 2.75) is 64.5 Å². The van der Waals surface area contributed by atoms with Crippen LogP contribution in [0.5, 0.6) is 5.75 Å². The fourth-order valence-electron chi connectivity index (χ4n) is 6.21. The molecule has 214 valence electrons. The van der Waals surface area contributed by atoms with Crippen LogP contribution in [0.2, 0.25) is 0 Å². The molecule has 2 aliphatic rings. The molecule has 2 aliphatic heterocycles. The molecule has 0 radical (unpaired) electrons. The zero-order valence-electron chi connectivity index (χ0n) is 24.7. The van der Waals surface area contributed by atoms with Crippen LogP contribution < -0.4 is 4.74 Å². The Morgan fingerprint density at radius 3 is 2.23 bits per heavy atom. The van der Waals surface area contributed by atoms with Crippen molar-refractivity contribution in [3.63, 3.8) is 0 Å². The number of carbonyl (C=O) groups is 1. The van der Waals surface area contributed by atoms with Crippen molar-refractivity contribution in [3.05, 3.63) is 88.7 Å². The second-order valence-electron chi connectivity index (χ2n) is 12.2. The Morgan fingerprint density at radius 2 is 1.60 bits per heavy atom. The molecule has 3 heterocycles. The number of likely N-dealkylation sites (tertiary alicyclic amines) is 1. The van der Waals surface area contributed by atoms with Crippen molar-refractivity contribution >= 4 is 5.91 Å². The lowest BCUT2D eigenvalue weighted by molar-refractivity contribution is 0.00158. The van der Waals surface area contributed by atoms with Crippen molar-refractivity contribution in [2.24, 2.45) is 0 Å². The number of amides is 1. The minimum absolute atomic E-state index is 0.0901. The first kappa shape index (κ1) is 28.4. The summed E-state index contributed by atoms with van der Waals surface area (Å²) in [5, 5.41) is 0. The average molecular weight is 544 g/mol. The van der Waals surface area contributed by atoms with Gasteiger partial charge in [0.1, 0.15) is 5.75 Å². The van der Waals surface area contributed by atoms with Crippen LogP contribution in [0, 0.1) is 0 Å². The molecule has 3 aromatic rings. The monoisotopic (exact) mass is 543 g/mol. The molecule has 0 bridgehead atoms. The fourth-order valence-corrected chi connectivity index (χ4v) is 6.21. The standard InChI is InChI=1S/C34H45N3O3/c1-34(2,3)32-25-30(33(38)36-17-15-28(16-18-36)35-20-22-40-23-21-35)31(24-27-8-6-5-7-9-27)37(32)19-14-26-10-12-29(39-4)13-11-26/h5-13,25,28H,14-24H2,1-4H3. The number of carbonyl (C=O) groups excluding carboxylic acids is 1. The predicted octanol–water partition coefficient (Wildman–Crippen LogP) is 5.56. The molecule has 40 heavy (non-hydrogen) atoms. The molecular formula is C34H45N3O3. The van der Waals surface area contributed by atoms with E-state index >= 15 is 0 Å². The third-order valence-corrected chi connectivity index (χ3v) is 8.52. The maximum absolute atomic E-state index is 14.2. The van der Waals surface area contributed by atoms with Gasteiger partial charge in [-0.05, 0) is 48.6 Å². The molecule has 0 unspecified atom stereocenters. The molecule has 2 saturated heterocycles. The molecule has 0 aliphatic carbocycles. The second-order valence-corrected chi connectivity index (χ2v) is 12.2. The third-order valence-electron chi connectivity index (χ3n) is 8.52. The predicted molar refractivity (Wildman–Crippen MR) is 160 cm³/mol. The number of rotatable bonds is 8. The van der Waals surface area contributed by atoms with Gasteiger partial charge < -0.3 is 18.9 Å². The maximum atomic E-state index is 14.2. The smallest absolute Gasteiger partial charge is 0.255 e. The summed E-state index contributed by atoms with van der Waals surface area (Å²) in [5.74, 6) is 1.05. The van der Waals surface area contributed by atoms with E-state index in [2.05, 4.69) is 83.7 Å². The van der Waals surface area contributed by atoms with Gasteiger partial charge in [-0.3, -0.25) is 9.69 Å². The number of methoxy groups -OCH3 is 1. The SMILES string of the molecule is COc1ccc(CCn2c(C(C)(C)C)cc(C(=O)N3CCC(N4CCOCC4)CC3)c2Cc2ccccc2)cc1. The number of hydrogen-bond donors (Lipinski definition) is 0. The summed E-state index contributed by atoms with van der Waals surface area (Å²) in [7, 11) is 1.70. The summed E-state index contributed by atoms with van der Waals surface area (Å²) in [6.45, 7) is 12.9. The Kier molecular flexibility index (Phi) is 8.97. The first-order valence-corrected chi connectivity index (χ1v) is 14.8. The highest BCUT2D eigenvalue weighted by atomic mass is 16.5. The molecule has 6 heteroatoms. The third kappa shape index (κ3) is 6.61. The molecule has 0 saturated carbocycles. The zero-order valence-corrected chi connectivity index (χ0v) is 24.7. The van der Waals surface area contributed by atoms with Gasteiger partial charge in [-0.25, -0.2) is 0 Å². The average Bonchev–Trinajstić information content (AvgIpc) is 3.35. The van der Waals surface area contributed by atoms with Gasteiger partial charge >= 0.3 is 0 Å². The van der Waals surface area contributed by atoms with Gasteiger partial charge in [0.05, 0.1) is 25.9 Å². The largest absolute Gasteiger partial charge is 0.497 e. The number of benzene rings is 2. The van der Waals surface area contributed by atoms with Gasteiger partial charge in [0.2, 0.25) is 0 Å². The van der Waals surface area contributed by atoms with Crippen molar-refractivity contribution in [1.82, 2.24) is 14.4 Å². The van der Waals surface area contributed by atoms with E-state index < -0.39 is 0 Å². The molecule has 1 amide bonds. The quantitative estimate of drug-likeness (QED) is 0.373. The highest BCUT2D eigenvalue weighted by molar-refractivity contribution is 5.96. The summed E-state index contributed by atoms with van der Waals surface area (Å²) in [6.07, 6.45) is 3.70. The Bertz CT molecular complexity index is 1250. The van der Waals surface area contributed by atoms with Crippen molar-refractivity contribution in [3.8, 4) is 5.75 Å². The van der Waals surface area contributed by atoms with Crippen molar-refractivity contribution < 1.29 is 14.3 Å². The van der Waals surface area contributed by atoms with E-state index in [1.165, 1.54) is 16.8 Å². The van der Waals surface area contributed by atoms with E-state index in [1.807, 2.05) is 12.1 Å². The van der Waals surface area contributed by atoms with Crippen LogP contribution in [0.25, 0.3) is 0 Å². The van der Waals surface area contributed by atoms with Crippen molar-refractivity contribution in [1.29, 1.82) is 0 Å². The van der Waals surface area contributed by atoms with Crippen LogP contribution in [0.1, 0.15) is 66.5 Å². The topological polar surface area (TPSA) is 46.9 Å². The van der Waals surface area contributed by atoms with E-state index in [9.17, 15) is 4.79 Å². The molecule has 0 spiro atoms. The van der Waals surface area contributed by atoms with Crippen LogP contribution in [-0.4, -0.2) is 72.8 Å². The Hall–Kier alpha value is -3.09. The van der Waals surface area contributed by atoms with E-state index in [-0.39, 0.29) is 11.3 Å². The molecule has 5 rings (SSSR count). The van der Waals surface area contributed by atoms with Crippen LogP contribution in [0.15, 0.2) is 60.7 Å². The van der Waals surface area contributed by atoms with Gasteiger partial charge in [-0.15, -0.1) is 0 Å². The Balaban J connectivity index is 1.43. The first-order valence-electron chi connectivity index (χ1n) is 14.8. The number of aromatic nitrogens is 1. The summed E-state index contributed by atoms with van der Waals surface area (Å²) in [4.78, 5) is 18.8. The number of nitrogens with zero attached hydrogens (tertiary/aromatic N) is 3. The lowest BCUT2D eigenvalue weighted by atomic mass is 9.91. The molecular weight excluding hydrogens is 498 g/mol. The van der Waals surface area contributed by atoms with Crippen molar-refractivity contribution in [2.75, 3.05) is 46.5 Å². The number of ether oxygens (including phenoxy) is 2. The van der Waals surface area contributed by atoms with Gasteiger partial charge in [0.25, 0.3) is 5.91 Å². The highest BCUT2D eigenvalue weighted by Gasteiger charge is 2.32. The van der Waals surface area contributed by atoms with E-state index in [4.69, 9.17) is 9.47 Å². The zero-order chi connectivity index (χ0) is 28.1. The Labute approximate surface area is 239 Å². The minimum atomic E-state index is -0.0901. The number of piperidine rings is 1.